The van der Waals surface area contributed by atoms with Crippen LogP contribution >= 0.6 is 0 Å². The van der Waals surface area contributed by atoms with Gasteiger partial charge in [0.2, 0.25) is 28.5 Å². The van der Waals surface area contributed by atoms with Gasteiger partial charge in [-0.15, -0.1) is 0 Å². The van der Waals surface area contributed by atoms with Crippen molar-refractivity contribution in [1.29, 1.82) is 0 Å². The maximum Gasteiger partial charge on any atom is 0.213 e. The number of nitrogens with zero attached hydrogens (tertiary/aromatic N) is 5. The van der Waals surface area contributed by atoms with Crippen LogP contribution in [-0.4, -0.2) is 0 Å². The van der Waals surface area contributed by atoms with Crippen molar-refractivity contribution in [3.05, 3.63) is 264 Å². The van der Waals surface area contributed by atoms with Crippen molar-refractivity contribution >= 4 is 0 Å². The fourth-order valence-corrected chi connectivity index (χ4v) is 10.8. The number of aromatic nitrogens is 5. The summed E-state index contributed by atoms with van der Waals surface area (Å²) in [5, 5.41) is 0. The first-order valence-corrected chi connectivity index (χ1v) is 29.5. The van der Waals surface area contributed by atoms with E-state index < -0.39 is 20.6 Å². The molecule has 0 aliphatic carbocycles. The summed E-state index contributed by atoms with van der Waals surface area (Å²) in [7, 11) is 10.2. The molecule has 0 radical (unpaired) electrons. The lowest BCUT2D eigenvalue weighted by Crippen LogP contribution is -2.35. The van der Waals surface area contributed by atoms with Crippen molar-refractivity contribution < 1.29 is 35.2 Å². The van der Waals surface area contributed by atoms with Gasteiger partial charge in [0.1, 0.15) is 35.2 Å². The molecule has 0 atom stereocenters. The molecule has 5 aromatic carbocycles. The van der Waals surface area contributed by atoms with Gasteiger partial charge in [-0.05, 0) is 192 Å². The van der Waals surface area contributed by atoms with Gasteiger partial charge in [0.15, 0.2) is 28.5 Å². The van der Waals surface area contributed by atoms with Gasteiger partial charge < -0.3 is 0 Å². The highest BCUT2D eigenvalue weighted by Crippen LogP contribution is 2.28. The Hall–Kier alpha value is -8.15. The minimum Gasteiger partial charge on any atom is -0.198 e. The van der Waals surface area contributed by atoms with Crippen LogP contribution in [0.3, 0.4) is 0 Å². The van der Waals surface area contributed by atoms with Gasteiger partial charge in [-0.2, -0.15) is 22.8 Å². The summed E-state index contributed by atoms with van der Waals surface area (Å²) >= 11 is 0. The SMILES string of the molecule is Cc1ccc(-c2ccc(C)c(C)[n+]2C)c(C)c1.Cc1ccc(C)c(-c2ccc(C)c(C)[n+]2C)c1.Cc1cccc(C)c1-c1ccc(C)c(C)[n+]1C.[2H]C([2H])([2H])c1ccc(-c2cc(C)ccc2C)[n+](C)c1C.[2H]C([2H])([2H])c1ccc(-c2ccc(C([2H])([2H])[2H])c(C)[n+]2C)c(C)c1. The number of pyridine rings is 5. The Morgan fingerprint density at radius 1 is 0.224 bits per heavy atom. The van der Waals surface area contributed by atoms with E-state index in [1.165, 1.54) is 112 Å². The molecule has 0 spiro atoms. The molecule has 0 bridgehead atoms. The lowest BCUT2D eigenvalue weighted by molar-refractivity contribution is -0.667. The zero-order chi connectivity index (χ0) is 70.4. The second-order valence-corrected chi connectivity index (χ2v) is 23.4. The van der Waals surface area contributed by atoms with Gasteiger partial charge in [-0.1, -0.05) is 89.0 Å². The Labute approximate surface area is 526 Å². The molecule has 5 heterocycles. The molecular formula is C80H100N5+5. The zero-order valence-corrected chi connectivity index (χ0v) is 55.2. The molecule has 0 aliphatic rings. The minimum absolute atomic E-state index is 0.303. The predicted octanol–water partition coefficient (Wildman–Crippen LogP) is 17.1. The van der Waals surface area contributed by atoms with E-state index in [0.717, 1.165) is 33.8 Å². The van der Waals surface area contributed by atoms with Crippen LogP contribution in [0, 0.1) is 138 Å². The van der Waals surface area contributed by atoms with E-state index >= 15 is 0 Å². The van der Waals surface area contributed by atoms with Gasteiger partial charge in [0.05, 0.1) is 5.56 Å². The van der Waals surface area contributed by atoms with Crippen LogP contribution in [0.15, 0.2) is 152 Å². The molecular weight excluding hydrogens is 1030 g/mol. The number of benzene rings is 5. The third kappa shape index (κ3) is 15.6. The van der Waals surface area contributed by atoms with Crippen LogP contribution in [0.25, 0.3) is 56.3 Å². The van der Waals surface area contributed by atoms with Crippen LogP contribution in [0.4, 0.5) is 0 Å². The number of aryl methyl sites for hydroxylation is 15. The second-order valence-electron chi connectivity index (χ2n) is 23.4. The molecule has 0 fully saturated rings. The molecule has 10 rings (SSSR count). The Balaban J connectivity index is 0.000000187. The summed E-state index contributed by atoms with van der Waals surface area (Å²) in [6.07, 6.45) is 0. The molecule has 5 heteroatoms. The topological polar surface area (TPSA) is 19.4 Å². The summed E-state index contributed by atoms with van der Waals surface area (Å²) in [4.78, 5) is 0. The molecule has 0 aliphatic heterocycles. The van der Waals surface area contributed by atoms with Gasteiger partial charge in [-0.25, -0.2) is 0 Å². The summed E-state index contributed by atoms with van der Waals surface area (Å²) in [5.74, 6) is 0. The first-order chi connectivity index (χ1) is 43.7. The predicted molar refractivity (Wildman–Crippen MR) is 360 cm³/mol. The maximum absolute atomic E-state index is 7.58. The number of hydrogen-bond acceptors (Lipinski definition) is 0. The van der Waals surface area contributed by atoms with Crippen LogP contribution in [-0.2, 0) is 35.2 Å². The van der Waals surface area contributed by atoms with Crippen LogP contribution in [0.2, 0.25) is 0 Å². The fourth-order valence-electron chi connectivity index (χ4n) is 10.8. The highest BCUT2D eigenvalue weighted by Gasteiger charge is 2.21. The second kappa shape index (κ2) is 28.6. The van der Waals surface area contributed by atoms with E-state index in [1.807, 2.05) is 43.1 Å². The van der Waals surface area contributed by atoms with Gasteiger partial charge in [0.25, 0.3) is 0 Å². The van der Waals surface area contributed by atoms with Crippen LogP contribution in [0.1, 0.15) is 124 Å². The van der Waals surface area contributed by atoms with Crippen molar-refractivity contribution in [1.82, 2.24) is 0 Å². The smallest absolute Gasteiger partial charge is 0.198 e. The molecule has 440 valence electrons. The van der Waals surface area contributed by atoms with E-state index in [-0.39, 0.29) is 0 Å². The first kappa shape index (κ1) is 53.6. The number of rotatable bonds is 5. The average Bonchev–Trinajstić information content (AvgIpc) is 0.805. The van der Waals surface area contributed by atoms with E-state index in [4.69, 9.17) is 12.3 Å². The quantitative estimate of drug-likeness (QED) is 0.153. The van der Waals surface area contributed by atoms with Crippen molar-refractivity contribution in [3.8, 4) is 56.3 Å². The zero-order valence-electron chi connectivity index (χ0n) is 64.2. The molecule has 0 unspecified atom stereocenters. The molecule has 0 N–H and O–H groups in total. The summed E-state index contributed by atoms with van der Waals surface area (Å²) in [6, 6.07) is 51.4. The third-order valence-electron chi connectivity index (χ3n) is 17.3. The normalized spacial score (nSPS) is 12.7. The van der Waals surface area contributed by atoms with Crippen molar-refractivity contribution in [2.75, 3.05) is 0 Å². The lowest BCUT2D eigenvalue weighted by atomic mass is 9.98. The molecule has 5 nitrogen and oxygen atoms in total. The third-order valence-corrected chi connectivity index (χ3v) is 17.3. The first-order valence-electron chi connectivity index (χ1n) is 34.0. The minimum atomic E-state index is -2.15. The molecule has 10 aromatic rings. The molecule has 5 aromatic heterocycles. The Morgan fingerprint density at radius 2 is 0.506 bits per heavy atom. The van der Waals surface area contributed by atoms with Crippen molar-refractivity contribution in [2.45, 2.75) is 138 Å². The molecule has 85 heavy (non-hydrogen) atoms. The molecule has 0 amide bonds. The standard InChI is InChI=1S/5C16H20N/c2*1-11-6-8-15(13(3)10-11)16-9-7-12(2)14(4)17(16)5;2*1-11-6-7-13(3)15(10-11)16-9-8-12(2)14(4)17(16)5;1-11-9-10-15(17(5)14(11)4)16-12(2)7-6-8-13(16)3/h5*6-10H,1-5H3/q5*+1/i1D3,2D3;;2D3;;. The summed E-state index contributed by atoms with van der Waals surface area (Å²) in [5.41, 5.74) is 33.4. The molecule has 0 saturated carbocycles. The van der Waals surface area contributed by atoms with Crippen LogP contribution in [0.5, 0.6) is 0 Å². The summed E-state index contributed by atoms with van der Waals surface area (Å²) in [6.45, 7) is 29.2. The van der Waals surface area contributed by atoms with E-state index in [1.54, 1.807) is 43.3 Å². The monoisotopic (exact) mass is 1140 g/mol. The Kier molecular flexibility index (Phi) is 18.0. The van der Waals surface area contributed by atoms with Gasteiger partial charge in [0, 0.05) is 127 Å². The Bertz CT molecular complexity index is 4400. The van der Waals surface area contributed by atoms with E-state index in [9.17, 15) is 0 Å². The maximum atomic E-state index is 7.58. The van der Waals surface area contributed by atoms with Crippen molar-refractivity contribution in [3.63, 3.8) is 0 Å². The van der Waals surface area contributed by atoms with Gasteiger partial charge >= 0.3 is 0 Å². The number of hydrogen-bond donors (Lipinski definition) is 0. The Morgan fingerprint density at radius 3 is 0.871 bits per heavy atom. The lowest BCUT2D eigenvalue weighted by Gasteiger charge is -2.10. The van der Waals surface area contributed by atoms with Crippen molar-refractivity contribution in [2.24, 2.45) is 35.2 Å². The van der Waals surface area contributed by atoms with E-state index in [0.29, 0.717) is 22.4 Å². The average molecular weight is 1140 g/mol. The summed E-state index contributed by atoms with van der Waals surface area (Å²) < 4.78 is 78.6. The van der Waals surface area contributed by atoms with Gasteiger partial charge in [-0.3, -0.25) is 0 Å². The molecule has 0 saturated heterocycles. The fraction of sp³-hybridized carbons (Fsp3) is 0.312. The largest absolute Gasteiger partial charge is 0.213 e. The van der Waals surface area contributed by atoms with Crippen LogP contribution < -0.4 is 22.8 Å². The highest BCUT2D eigenvalue weighted by molar-refractivity contribution is 5.67. The van der Waals surface area contributed by atoms with E-state index in [2.05, 4.69) is 241 Å². The highest BCUT2D eigenvalue weighted by atomic mass is 15.0.